The lowest BCUT2D eigenvalue weighted by Gasteiger charge is -2.32. The van der Waals surface area contributed by atoms with Crippen LogP contribution in [0.2, 0.25) is 0 Å². The summed E-state index contributed by atoms with van der Waals surface area (Å²) in [5.74, 6) is 0.669. The first-order valence-electron chi connectivity index (χ1n) is 6.11. The first-order valence-corrected chi connectivity index (χ1v) is 6.11. The summed E-state index contributed by atoms with van der Waals surface area (Å²) in [6, 6.07) is -0.0679. The van der Waals surface area contributed by atoms with E-state index in [2.05, 4.69) is 17.6 Å². The number of nitrogens with one attached hydrogen (secondary N) is 2. The lowest BCUT2D eigenvalue weighted by molar-refractivity contribution is -0.125. The molecule has 1 amide bonds. The number of hydrogen-bond acceptors (Lipinski definition) is 3. The zero-order valence-corrected chi connectivity index (χ0v) is 10.5. The summed E-state index contributed by atoms with van der Waals surface area (Å²) in [5, 5.41) is 15.1. The van der Waals surface area contributed by atoms with E-state index >= 15 is 0 Å². The van der Waals surface area contributed by atoms with Crippen LogP contribution in [0.4, 0.5) is 0 Å². The topological polar surface area (TPSA) is 61.4 Å². The maximum atomic E-state index is 12.0. The Bertz CT molecular complexity index is 241. The molecular weight excluding hydrogens is 204 g/mol. The van der Waals surface area contributed by atoms with Crippen molar-refractivity contribution < 1.29 is 9.90 Å². The highest BCUT2D eigenvalue weighted by Crippen LogP contribution is 2.16. The van der Waals surface area contributed by atoms with E-state index in [-0.39, 0.29) is 24.1 Å². The molecule has 0 aromatic carbocycles. The third-order valence-corrected chi connectivity index (χ3v) is 3.18. The Morgan fingerprint density at radius 3 is 2.81 bits per heavy atom. The van der Waals surface area contributed by atoms with Crippen molar-refractivity contribution in [2.24, 2.45) is 5.92 Å². The van der Waals surface area contributed by atoms with Gasteiger partial charge in [-0.25, -0.2) is 0 Å². The fourth-order valence-corrected chi connectivity index (χ4v) is 2.07. The summed E-state index contributed by atoms with van der Waals surface area (Å²) in [5.41, 5.74) is -0.325. The molecule has 1 heterocycles. The van der Waals surface area contributed by atoms with E-state index in [9.17, 15) is 4.79 Å². The largest absolute Gasteiger partial charge is 0.396 e. The van der Waals surface area contributed by atoms with Crippen LogP contribution in [0, 0.1) is 5.92 Å². The quantitative estimate of drug-likeness (QED) is 0.662. The number of amides is 1. The Kier molecular flexibility index (Phi) is 4.74. The molecule has 0 spiro atoms. The van der Waals surface area contributed by atoms with Crippen LogP contribution in [-0.4, -0.2) is 35.7 Å². The van der Waals surface area contributed by atoms with Crippen LogP contribution in [0.3, 0.4) is 0 Å². The predicted octanol–water partition coefficient (Wildman–Crippen LogP) is 0.652. The number of carbonyl (C=O) groups is 1. The molecule has 1 aliphatic heterocycles. The molecule has 4 nitrogen and oxygen atoms in total. The Morgan fingerprint density at radius 2 is 2.25 bits per heavy atom. The molecule has 0 aromatic heterocycles. The lowest BCUT2D eigenvalue weighted by Crippen LogP contribution is -2.54. The van der Waals surface area contributed by atoms with Gasteiger partial charge in [-0.3, -0.25) is 4.79 Å². The minimum absolute atomic E-state index is 0.0602. The smallest absolute Gasteiger partial charge is 0.237 e. The van der Waals surface area contributed by atoms with Crippen LogP contribution >= 0.6 is 0 Å². The number of aliphatic hydroxyl groups excluding tert-OH is 1. The average Bonchev–Trinajstić information content (AvgIpc) is 2.16. The van der Waals surface area contributed by atoms with Crippen molar-refractivity contribution in [3.8, 4) is 0 Å². The normalized spacial score (nSPS) is 26.5. The third kappa shape index (κ3) is 4.10. The van der Waals surface area contributed by atoms with Crippen molar-refractivity contribution >= 4 is 5.91 Å². The van der Waals surface area contributed by atoms with E-state index < -0.39 is 0 Å². The number of rotatable bonds is 4. The van der Waals surface area contributed by atoms with E-state index in [0.717, 1.165) is 19.4 Å². The summed E-state index contributed by atoms with van der Waals surface area (Å²) >= 11 is 0. The molecule has 3 N–H and O–H groups in total. The van der Waals surface area contributed by atoms with Crippen LogP contribution in [0.5, 0.6) is 0 Å². The highest BCUT2D eigenvalue weighted by atomic mass is 16.3. The summed E-state index contributed by atoms with van der Waals surface area (Å²) in [4.78, 5) is 12.0. The van der Waals surface area contributed by atoms with Crippen molar-refractivity contribution in [3.63, 3.8) is 0 Å². The van der Waals surface area contributed by atoms with Gasteiger partial charge in [-0.15, -0.1) is 0 Å². The maximum absolute atomic E-state index is 12.0. The molecule has 4 heteroatoms. The molecule has 0 aromatic rings. The standard InChI is InChI=1S/C12H24N2O2/c1-9-4-6-13-10(8-9)11(16)14-12(2,3)5-7-15/h9-10,13,15H,4-8H2,1-3H3,(H,14,16). The van der Waals surface area contributed by atoms with Gasteiger partial charge in [0.1, 0.15) is 0 Å². The SMILES string of the molecule is CC1CCNC(C(=O)NC(C)(C)CCO)C1. The van der Waals surface area contributed by atoms with Crippen molar-refractivity contribution in [1.29, 1.82) is 0 Å². The second-order valence-corrected chi connectivity index (χ2v) is 5.48. The molecule has 2 unspecified atom stereocenters. The maximum Gasteiger partial charge on any atom is 0.237 e. The van der Waals surface area contributed by atoms with Gasteiger partial charge in [-0.2, -0.15) is 0 Å². The zero-order valence-electron chi connectivity index (χ0n) is 10.5. The third-order valence-electron chi connectivity index (χ3n) is 3.18. The van der Waals surface area contributed by atoms with E-state index in [4.69, 9.17) is 5.11 Å². The van der Waals surface area contributed by atoms with E-state index in [0.29, 0.717) is 12.3 Å². The van der Waals surface area contributed by atoms with Gasteiger partial charge >= 0.3 is 0 Å². The van der Waals surface area contributed by atoms with Crippen molar-refractivity contribution in [3.05, 3.63) is 0 Å². The highest BCUT2D eigenvalue weighted by Gasteiger charge is 2.28. The Morgan fingerprint density at radius 1 is 1.56 bits per heavy atom. The molecule has 0 saturated carbocycles. The first kappa shape index (κ1) is 13.5. The van der Waals surface area contributed by atoms with Gasteiger partial charge in [-0.1, -0.05) is 6.92 Å². The molecule has 1 aliphatic rings. The number of hydrogen-bond donors (Lipinski definition) is 3. The van der Waals surface area contributed by atoms with Gasteiger partial charge < -0.3 is 15.7 Å². The minimum atomic E-state index is -0.325. The summed E-state index contributed by atoms with van der Waals surface area (Å²) in [7, 11) is 0. The van der Waals surface area contributed by atoms with Gasteiger partial charge in [0.25, 0.3) is 0 Å². The van der Waals surface area contributed by atoms with E-state index in [1.807, 2.05) is 13.8 Å². The van der Waals surface area contributed by atoms with Crippen LogP contribution in [0.15, 0.2) is 0 Å². The van der Waals surface area contributed by atoms with Gasteiger partial charge in [0, 0.05) is 12.1 Å². The molecule has 1 rings (SSSR count). The van der Waals surface area contributed by atoms with Crippen LogP contribution in [0.25, 0.3) is 0 Å². The fourth-order valence-electron chi connectivity index (χ4n) is 2.07. The Hall–Kier alpha value is -0.610. The molecule has 1 saturated heterocycles. The second-order valence-electron chi connectivity index (χ2n) is 5.48. The van der Waals surface area contributed by atoms with Gasteiger partial charge in [-0.05, 0) is 45.6 Å². The highest BCUT2D eigenvalue weighted by molar-refractivity contribution is 5.82. The van der Waals surface area contributed by atoms with Gasteiger partial charge in [0.15, 0.2) is 0 Å². The fraction of sp³-hybridized carbons (Fsp3) is 0.917. The van der Waals surface area contributed by atoms with E-state index in [1.165, 1.54) is 0 Å². The van der Waals surface area contributed by atoms with Crippen LogP contribution in [0.1, 0.15) is 40.0 Å². The summed E-state index contributed by atoms with van der Waals surface area (Å²) in [6.07, 6.45) is 2.63. The molecule has 1 fully saturated rings. The van der Waals surface area contributed by atoms with Gasteiger partial charge in [0.2, 0.25) is 5.91 Å². The summed E-state index contributed by atoms with van der Waals surface area (Å²) < 4.78 is 0. The van der Waals surface area contributed by atoms with Crippen LogP contribution < -0.4 is 10.6 Å². The van der Waals surface area contributed by atoms with E-state index in [1.54, 1.807) is 0 Å². The monoisotopic (exact) mass is 228 g/mol. The Labute approximate surface area is 97.8 Å². The zero-order chi connectivity index (χ0) is 12.2. The first-order chi connectivity index (χ1) is 7.44. The molecule has 94 valence electrons. The molecule has 0 aliphatic carbocycles. The van der Waals surface area contributed by atoms with Crippen molar-refractivity contribution in [1.82, 2.24) is 10.6 Å². The second kappa shape index (κ2) is 5.64. The lowest BCUT2D eigenvalue weighted by atomic mass is 9.92. The number of piperidine rings is 1. The molecule has 0 bridgehead atoms. The van der Waals surface area contributed by atoms with Crippen molar-refractivity contribution in [2.75, 3.05) is 13.2 Å². The van der Waals surface area contributed by atoms with Crippen molar-refractivity contribution in [2.45, 2.75) is 51.6 Å². The Balaban J connectivity index is 2.45. The number of aliphatic hydroxyl groups is 1. The average molecular weight is 228 g/mol. The van der Waals surface area contributed by atoms with Gasteiger partial charge in [0.05, 0.1) is 6.04 Å². The summed E-state index contributed by atoms with van der Waals surface area (Å²) in [6.45, 7) is 7.07. The predicted molar refractivity (Wildman–Crippen MR) is 64.1 cm³/mol. The molecule has 0 radical (unpaired) electrons. The number of carbonyl (C=O) groups excluding carboxylic acids is 1. The van der Waals surface area contributed by atoms with Crippen LogP contribution in [-0.2, 0) is 4.79 Å². The molecule has 16 heavy (non-hydrogen) atoms. The molecular formula is C12H24N2O2. The minimum Gasteiger partial charge on any atom is -0.396 e. The molecule has 2 atom stereocenters.